The van der Waals surface area contributed by atoms with Crippen LogP contribution in [0.5, 0.6) is 0 Å². The third kappa shape index (κ3) is 1.74. The average molecular weight is 247 g/mol. The van der Waals surface area contributed by atoms with Crippen LogP contribution in [0.2, 0.25) is 5.02 Å². The number of rotatable bonds is 0. The summed E-state index contributed by atoms with van der Waals surface area (Å²) in [4.78, 5) is 2.71. The van der Waals surface area contributed by atoms with Crippen molar-refractivity contribution < 1.29 is 0 Å². The molecule has 1 aliphatic heterocycles. The summed E-state index contributed by atoms with van der Waals surface area (Å²) in [6, 6.07) is 12.8. The van der Waals surface area contributed by atoms with Crippen molar-refractivity contribution >= 4 is 23.4 Å². The molecule has 0 atom stereocenters. The van der Waals surface area contributed by atoms with Crippen molar-refractivity contribution in [3.05, 3.63) is 58.1 Å². The molecular weight excluding hydrogens is 236 g/mol. The van der Waals surface area contributed by atoms with Crippen LogP contribution in [0.25, 0.3) is 0 Å². The van der Waals surface area contributed by atoms with Crippen LogP contribution in [0.15, 0.2) is 46.2 Å². The van der Waals surface area contributed by atoms with Gasteiger partial charge in [-0.15, -0.1) is 0 Å². The summed E-state index contributed by atoms with van der Waals surface area (Å²) in [5.74, 6) is 0. The number of hydrogen-bond donors (Lipinski definition) is 0. The second-order valence-electron chi connectivity index (χ2n) is 4.14. The highest BCUT2D eigenvalue weighted by Crippen LogP contribution is 2.40. The highest BCUT2D eigenvalue weighted by Gasteiger charge is 2.15. The Kier molecular flexibility index (Phi) is 2.45. The van der Waals surface area contributed by atoms with Gasteiger partial charge in [0.2, 0.25) is 0 Å². The molecule has 0 fully saturated rings. The van der Waals surface area contributed by atoms with E-state index in [0.717, 1.165) is 11.4 Å². The Hall–Kier alpha value is -0.920. The lowest BCUT2D eigenvalue weighted by Gasteiger charge is -2.19. The lowest BCUT2D eigenvalue weighted by atomic mass is 10.0. The zero-order valence-electron chi connectivity index (χ0n) is 8.96. The lowest BCUT2D eigenvalue weighted by molar-refractivity contribution is 1.05. The molecule has 3 rings (SSSR count). The van der Waals surface area contributed by atoms with Crippen LogP contribution < -0.4 is 0 Å². The van der Waals surface area contributed by atoms with Gasteiger partial charge in [0.25, 0.3) is 0 Å². The molecule has 16 heavy (non-hydrogen) atoms. The molecule has 0 spiro atoms. The van der Waals surface area contributed by atoms with E-state index in [1.807, 2.05) is 17.8 Å². The minimum atomic E-state index is 0.829. The smallest absolute Gasteiger partial charge is 0.0409 e. The first kappa shape index (κ1) is 10.2. The summed E-state index contributed by atoms with van der Waals surface area (Å²) in [5, 5.41) is 0.829. The third-order valence-electron chi connectivity index (χ3n) is 2.84. The van der Waals surface area contributed by atoms with Crippen LogP contribution in [-0.4, -0.2) is 0 Å². The Morgan fingerprint density at radius 3 is 2.50 bits per heavy atom. The van der Waals surface area contributed by atoms with E-state index >= 15 is 0 Å². The van der Waals surface area contributed by atoms with E-state index in [-0.39, 0.29) is 0 Å². The van der Waals surface area contributed by atoms with Gasteiger partial charge in [-0.05, 0) is 48.7 Å². The highest BCUT2D eigenvalue weighted by atomic mass is 35.5. The second kappa shape index (κ2) is 3.83. The maximum absolute atomic E-state index is 6.03. The Morgan fingerprint density at radius 2 is 1.69 bits per heavy atom. The van der Waals surface area contributed by atoms with E-state index in [1.165, 1.54) is 26.5 Å². The zero-order valence-corrected chi connectivity index (χ0v) is 10.5. The van der Waals surface area contributed by atoms with Gasteiger partial charge in [-0.3, -0.25) is 0 Å². The highest BCUT2D eigenvalue weighted by molar-refractivity contribution is 7.99. The van der Waals surface area contributed by atoms with Crippen LogP contribution >= 0.6 is 23.4 Å². The third-order valence-corrected chi connectivity index (χ3v) is 4.31. The van der Waals surface area contributed by atoms with E-state index < -0.39 is 0 Å². The first-order valence-corrected chi connectivity index (χ1v) is 6.47. The van der Waals surface area contributed by atoms with E-state index in [0.29, 0.717) is 0 Å². The predicted octanol–water partition coefficient (Wildman–Crippen LogP) is 4.70. The van der Waals surface area contributed by atoms with Gasteiger partial charge in [-0.25, -0.2) is 0 Å². The van der Waals surface area contributed by atoms with E-state index in [1.54, 1.807) is 0 Å². The van der Waals surface area contributed by atoms with Crippen molar-refractivity contribution in [3.8, 4) is 0 Å². The Morgan fingerprint density at radius 1 is 1.00 bits per heavy atom. The summed E-state index contributed by atoms with van der Waals surface area (Å²) in [7, 11) is 0. The van der Waals surface area contributed by atoms with Gasteiger partial charge < -0.3 is 0 Å². The maximum atomic E-state index is 6.03. The molecule has 0 radical (unpaired) electrons. The van der Waals surface area contributed by atoms with Gasteiger partial charge in [-0.1, -0.05) is 41.1 Å². The molecule has 0 nitrogen and oxygen atoms in total. The number of halogens is 1. The Labute approximate surface area is 105 Å². The fourth-order valence-corrected chi connectivity index (χ4v) is 3.28. The fraction of sp³-hybridized carbons (Fsp3) is 0.143. The van der Waals surface area contributed by atoms with Crippen molar-refractivity contribution in [1.82, 2.24) is 0 Å². The van der Waals surface area contributed by atoms with Crippen molar-refractivity contribution in [2.24, 2.45) is 0 Å². The quantitative estimate of drug-likeness (QED) is 0.554. The van der Waals surface area contributed by atoms with Crippen LogP contribution in [0.4, 0.5) is 0 Å². The van der Waals surface area contributed by atoms with Crippen LogP contribution in [0, 0.1) is 6.92 Å². The lowest BCUT2D eigenvalue weighted by Crippen LogP contribution is -1.99. The van der Waals surface area contributed by atoms with E-state index in [2.05, 4.69) is 37.3 Å². The molecule has 0 saturated carbocycles. The average Bonchev–Trinajstić information content (AvgIpc) is 2.26. The van der Waals surface area contributed by atoms with Gasteiger partial charge in [0.1, 0.15) is 0 Å². The number of fused-ring (bicyclic) bond motifs is 2. The molecule has 2 aromatic rings. The molecule has 0 amide bonds. The summed E-state index contributed by atoms with van der Waals surface area (Å²) in [6.07, 6.45) is 1.000. The van der Waals surface area contributed by atoms with E-state index in [9.17, 15) is 0 Å². The predicted molar refractivity (Wildman–Crippen MR) is 69.6 cm³/mol. The zero-order chi connectivity index (χ0) is 11.1. The molecule has 0 aromatic heterocycles. The van der Waals surface area contributed by atoms with E-state index in [4.69, 9.17) is 11.6 Å². The van der Waals surface area contributed by atoms with Gasteiger partial charge >= 0.3 is 0 Å². The number of aryl methyl sites for hydroxylation is 1. The first-order valence-electron chi connectivity index (χ1n) is 5.28. The molecule has 1 aliphatic rings. The monoisotopic (exact) mass is 246 g/mol. The molecule has 2 aromatic carbocycles. The molecule has 0 bridgehead atoms. The number of benzene rings is 2. The van der Waals surface area contributed by atoms with Crippen molar-refractivity contribution in [2.45, 2.75) is 23.1 Å². The standard InChI is InChI=1S/C14H11ClS/c1-9-2-4-13-10(6-9)7-11-8-12(15)3-5-14(11)16-13/h2-6,8H,7H2,1H3. The van der Waals surface area contributed by atoms with Gasteiger partial charge in [0.15, 0.2) is 0 Å². The van der Waals surface area contributed by atoms with Crippen LogP contribution in [0.3, 0.4) is 0 Å². The van der Waals surface area contributed by atoms with Crippen molar-refractivity contribution in [1.29, 1.82) is 0 Å². The molecule has 80 valence electrons. The Bertz CT molecular complexity index is 511. The molecule has 0 saturated heterocycles. The molecule has 2 heteroatoms. The molecule has 1 heterocycles. The number of hydrogen-bond acceptors (Lipinski definition) is 1. The maximum Gasteiger partial charge on any atom is 0.0409 e. The topological polar surface area (TPSA) is 0 Å². The molecule has 0 unspecified atom stereocenters. The van der Waals surface area contributed by atoms with Gasteiger partial charge in [0.05, 0.1) is 0 Å². The summed E-state index contributed by atoms with van der Waals surface area (Å²) < 4.78 is 0. The van der Waals surface area contributed by atoms with Gasteiger partial charge in [0, 0.05) is 14.8 Å². The largest absolute Gasteiger partial charge is 0.0895 e. The first-order chi connectivity index (χ1) is 7.72. The minimum absolute atomic E-state index is 0.829. The second-order valence-corrected chi connectivity index (χ2v) is 5.66. The van der Waals surface area contributed by atoms with Crippen molar-refractivity contribution in [2.75, 3.05) is 0 Å². The van der Waals surface area contributed by atoms with Crippen molar-refractivity contribution in [3.63, 3.8) is 0 Å². The Balaban J connectivity index is 2.10. The van der Waals surface area contributed by atoms with Crippen LogP contribution in [0.1, 0.15) is 16.7 Å². The van der Waals surface area contributed by atoms with Crippen LogP contribution in [-0.2, 0) is 6.42 Å². The SMILES string of the molecule is Cc1ccc2c(c1)Cc1cc(Cl)ccc1S2. The normalized spacial score (nSPS) is 13.1. The summed E-state index contributed by atoms with van der Waals surface area (Å²) >= 11 is 7.87. The molecule has 0 aliphatic carbocycles. The summed E-state index contributed by atoms with van der Waals surface area (Å²) in [6.45, 7) is 2.14. The summed E-state index contributed by atoms with van der Waals surface area (Å²) in [5.41, 5.74) is 4.08. The van der Waals surface area contributed by atoms with Gasteiger partial charge in [-0.2, -0.15) is 0 Å². The molecule has 0 N–H and O–H groups in total. The fourth-order valence-electron chi connectivity index (χ4n) is 2.06. The molecular formula is C14H11ClS. The minimum Gasteiger partial charge on any atom is -0.0895 e.